The SMILES string of the molecule is CC(C)(C)c1ccc(C(=O)NCCC(=O)N2CC3CCC(N)C3C2)cc1.Cl. The lowest BCUT2D eigenvalue weighted by atomic mass is 9.87. The molecule has 3 N–H and O–H groups in total. The van der Waals surface area contributed by atoms with Gasteiger partial charge < -0.3 is 16.0 Å². The normalized spacial score (nSPS) is 24.3. The average Bonchev–Trinajstić information content (AvgIpc) is 3.16. The minimum Gasteiger partial charge on any atom is -0.352 e. The van der Waals surface area contributed by atoms with Crippen molar-refractivity contribution in [3.63, 3.8) is 0 Å². The highest BCUT2D eigenvalue weighted by atomic mass is 35.5. The van der Waals surface area contributed by atoms with Gasteiger partial charge in [-0.05, 0) is 47.8 Å². The first-order chi connectivity index (χ1) is 12.3. The Bertz CT molecular complexity index is 669. The van der Waals surface area contributed by atoms with E-state index in [2.05, 4.69) is 26.1 Å². The topological polar surface area (TPSA) is 75.4 Å². The van der Waals surface area contributed by atoms with Gasteiger partial charge in [0.15, 0.2) is 0 Å². The second kappa shape index (κ2) is 8.61. The number of benzene rings is 1. The van der Waals surface area contributed by atoms with Gasteiger partial charge in [-0.2, -0.15) is 0 Å². The third-order valence-corrected chi connectivity index (χ3v) is 5.90. The molecule has 0 bridgehead atoms. The molecule has 1 aromatic rings. The first-order valence-corrected chi connectivity index (χ1v) is 9.68. The Labute approximate surface area is 168 Å². The number of hydrogen-bond acceptors (Lipinski definition) is 3. The largest absolute Gasteiger partial charge is 0.352 e. The van der Waals surface area contributed by atoms with Crippen LogP contribution in [0.5, 0.6) is 0 Å². The van der Waals surface area contributed by atoms with Crippen LogP contribution in [0.15, 0.2) is 24.3 Å². The van der Waals surface area contributed by atoms with Gasteiger partial charge in [0.1, 0.15) is 0 Å². The number of carbonyl (C=O) groups is 2. The van der Waals surface area contributed by atoms with Crippen LogP contribution in [0.4, 0.5) is 0 Å². The van der Waals surface area contributed by atoms with Gasteiger partial charge in [-0.15, -0.1) is 12.4 Å². The van der Waals surface area contributed by atoms with Crippen molar-refractivity contribution < 1.29 is 9.59 Å². The first-order valence-electron chi connectivity index (χ1n) is 9.68. The molecular weight excluding hydrogens is 362 g/mol. The van der Waals surface area contributed by atoms with Crippen molar-refractivity contribution in [2.75, 3.05) is 19.6 Å². The van der Waals surface area contributed by atoms with E-state index >= 15 is 0 Å². The third kappa shape index (κ3) is 5.02. The molecule has 1 aliphatic heterocycles. The monoisotopic (exact) mass is 393 g/mol. The van der Waals surface area contributed by atoms with E-state index < -0.39 is 0 Å². The summed E-state index contributed by atoms with van der Waals surface area (Å²) in [6.45, 7) is 8.43. The molecular formula is C21H32ClN3O2. The summed E-state index contributed by atoms with van der Waals surface area (Å²) < 4.78 is 0. The maximum Gasteiger partial charge on any atom is 0.251 e. The van der Waals surface area contributed by atoms with Gasteiger partial charge in [-0.3, -0.25) is 9.59 Å². The molecule has 6 heteroatoms. The van der Waals surface area contributed by atoms with Crippen LogP contribution in [0.3, 0.4) is 0 Å². The van der Waals surface area contributed by atoms with Crippen molar-refractivity contribution in [1.29, 1.82) is 0 Å². The summed E-state index contributed by atoms with van der Waals surface area (Å²) in [7, 11) is 0. The predicted molar refractivity (Wildman–Crippen MR) is 110 cm³/mol. The number of nitrogens with two attached hydrogens (primary N) is 1. The Morgan fingerprint density at radius 1 is 1.15 bits per heavy atom. The third-order valence-electron chi connectivity index (χ3n) is 5.90. The van der Waals surface area contributed by atoms with Gasteiger partial charge >= 0.3 is 0 Å². The zero-order chi connectivity index (χ0) is 18.9. The molecule has 27 heavy (non-hydrogen) atoms. The van der Waals surface area contributed by atoms with E-state index in [9.17, 15) is 9.59 Å². The fourth-order valence-corrected chi connectivity index (χ4v) is 4.18. The minimum atomic E-state index is -0.126. The number of hydrogen-bond donors (Lipinski definition) is 2. The van der Waals surface area contributed by atoms with Crippen LogP contribution in [0.1, 0.15) is 56.0 Å². The number of nitrogens with one attached hydrogen (secondary N) is 1. The Morgan fingerprint density at radius 3 is 2.41 bits per heavy atom. The lowest BCUT2D eigenvalue weighted by Crippen LogP contribution is -2.35. The Balaban J connectivity index is 0.00000261. The van der Waals surface area contributed by atoms with Crippen LogP contribution < -0.4 is 11.1 Å². The summed E-state index contributed by atoms with van der Waals surface area (Å²) in [5.41, 5.74) is 8.02. The van der Waals surface area contributed by atoms with Crippen molar-refractivity contribution in [2.24, 2.45) is 17.6 Å². The first kappa shape index (κ1) is 21.7. The smallest absolute Gasteiger partial charge is 0.251 e. The van der Waals surface area contributed by atoms with Gasteiger partial charge in [0, 0.05) is 37.7 Å². The van der Waals surface area contributed by atoms with E-state index in [1.807, 2.05) is 29.2 Å². The molecule has 3 unspecified atom stereocenters. The highest BCUT2D eigenvalue weighted by Gasteiger charge is 2.42. The Morgan fingerprint density at radius 2 is 1.81 bits per heavy atom. The summed E-state index contributed by atoms with van der Waals surface area (Å²) in [4.78, 5) is 26.6. The maximum atomic E-state index is 12.4. The molecule has 2 fully saturated rings. The molecule has 1 saturated heterocycles. The molecule has 1 heterocycles. The van der Waals surface area contributed by atoms with Crippen LogP contribution in [-0.4, -0.2) is 42.4 Å². The van der Waals surface area contributed by atoms with Crippen LogP contribution in [0, 0.1) is 11.8 Å². The Hall–Kier alpha value is -1.59. The molecule has 3 atom stereocenters. The number of nitrogens with zero attached hydrogens (tertiary/aromatic N) is 1. The summed E-state index contributed by atoms with van der Waals surface area (Å²) in [6.07, 6.45) is 2.57. The van der Waals surface area contributed by atoms with Crippen LogP contribution in [0.2, 0.25) is 0 Å². The molecule has 5 nitrogen and oxygen atoms in total. The second-order valence-corrected chi connectivity index (χ2v) is 8.80. The zero-order valence-electron chi connectivity index (χ0n) is 16.5. The van der Waals surface area contributed by atoms with Gasteiger partial charge in [-0.25, -0.2) is 0 Å². The predicted octanol–water partition coefficient (Wildman–Crippen LogP) is 2.72. The molecule has 0 spiro atoms. The summed E-state index contributed by atoms with van der Waals surface area (Å²) in [5, 5.41) is 2.86. The van der Waals surface area contributed by atoms with Gasteiger partial charge in [0.25, 0.3) is 5.91 Å². The van der Waals surface area contributed by atoms with Crippen molar-refractivity contribution >= 4 is 24.2 Å². The molecule has 0 aromatic heterocycles. The average molecular weight is 394 g/mol. The fourth-order valence-electron chi connectivity index (χ4n) is 4.18. The van der Waals surface area contributed by atoms with E-state index in [-0.39, 0.29) is 35.7 Å². The van der Waals surface area contributed by atoms with Crippen LogP contribution in [-0.2, 0) is 10.2 Å². The summed E-state index contributed by atoms with van der Waals surface area (Å²) in [6, 6.07) is 7.92. The van der Waals surface area contributed by atoms with E-state index in [1.54, 1.807) is 0 Å². The highest BCUT2D eigenvalue weighted by Crippen LogP contribution is 2.37. The van der Waals surface area contributed by atoms with E-state index in [0.717, 1.165) is 25.9 Å². The lowest BCUT2D eigenvalue weighted by Gasteiger charge is -2.19. The minimum absolute atomic E-state index is 0. The number of rotatable bonds is 4. The van der Waals surface area contributed by atoms with Crippen molar-refractivity contribution in [3.8, 4) is 0 Å². The second-order valence-electron chi connectivity index (χ2n) is 8.80. The molecule has 0 radical (unpaired) electrons. The number of likely N-dealkylation sites (tertiary alicyclic amines) is 1. The van der Waals surface area contributed by atoms with E-state index in [4.69, 9.17) is 5.73 Å². The van der Waals surface area contributed by atoms with E-state index in [1.165, 1.54) is 5.56 Å². The zero-order valence-corrected chi connectivity index (χ0v) is 17.3. The van der Waals surface area contributed by atoms with Gasteiger partial charge in [0.05, 0.1) is 0 Å². The molecule has 3 rings (SSSR count). The molecule has 2 aliphatic rings. The number of fused-ring (bicyclic) bond motifs is 1. The van der Waals surface area contributed by atoms with Crippen molar-refractivity contribution in [2.45, 2.75) is 51.5 Å². The van der Waals surface area contributed by atoms with Crippen molar-refractivity contribution in [1.82, 2.24) is 10.2 Å². The highest BCUT2D eigenvalue weighted by molar-refractivity contribution is 5.94. The standard InChI is InChI=1S/C21H31N3O2.ClH/c1-21(2,3)16-7-4-14(5-8-16)20(26)23-11-10-19(25)24-12-15-6-9-18(22)17(15)13-24;/h4-5,7-8,15,17-18H,6,9-13,22H2,1-3H3,(H,23,26);1H. The van der Waals surface area contributed by atoms with Crippen LogP contribution in [0.25, 0.3) is 0 Å². The number of amides is 2. The molecule has 150 valence electrons. The van der Waals surface area contributed by atoms with Gasteiger partial charge in [0.2, 0.25) is 5.91 Å². The Kier molecular flexibility index (Phi) is 6.92. The number of halogens is 1. The molecule has 1 saturated carbocycles. The van der Waals surface area contributed by atoms with E-state index in [0.29, 0.717) is 30.4 Å². The maximum absolute atomic E-state index is 12.4. The fraction of sp³-hybridized carbons (Fsp3) is 0.619. The summed E-state index contributed by atoms with van der Waals surface area (Å²) in [5.74, 6) is 1.04. The number of carbonyl (C=O) groups excluding carboxylic acids is 2. The van der Waals surface area contributed by atoms with Crippen LogP contribution >= 0.6 is 12.4 Å². The van der Waals surface area contributed by atoms with Crippen molar-refractivity contribution in [3.05, 3.63) is 35.4 Å². The lowest BCUT2D eigenvalue weighted by molar-refractivity contribution is -0.130. The van der Waals surface area contributed by atoms with Gasteiger partial charge in [-0.1, -0.05) is 32.9 Å². The molecule has 1 aliphatic carbocycles. The molecule has 2 amide bonds. The summed E-state index contributed by atoms with van der Waals surface area (Å²) >= 11 is 0. The quantitative estimate of drug-likeness (QED) is 0.825. The molecule has 1 aromatic carbocycles.